The predicted octanol–water partition coefficient (Wildman–Crippen LogP) is -0.586. The minimum absolute atomic E-state index is 0.149. The van der Waals surface area contributed by atoms with Crippen LogP contribution in [-0.4, -0.2) is 48.6 Å². The number of carboxylic acids is 1. The summed E-state index contributed by atoms with van der Waals surface area (Å²) in [4.78, 5) is 36.8. The minimum Gasteiger partial charge on any atom is -0.480 e. The first kappa shape index (κ1) is 19.3. The highest BCUT2D eigenvalue weighted by Gasteiger charge is 2.64. The van der Waals surface area contributed by atoms with Crippen molar-refractivity contribution in [2.45, 2.75) is 63.3 Å². The van der Waals surface area contributed by atoms with Crippen molar-refractivity contribution >= 4 is 5.97 Å². The van der Waals surface area contributed by atoms with Gasteiger partial charge in [-0.05, 0) is 27.7 Å². The summed E-state index contributed by atoms with van der Waals surface area (Å²) in [6, 6.07) is 0. The number of aromatic nitrogens is 2. The third-order valence-corrected chi connectivity index (χ3v) is 4.87. The molecule has 25 heavy (non-hydrogen) atoms. The van der Waals surface area contributed by atoms with Crippen molar-refractivity contribution in [3.05, 3.63) is 32.6 Å². The normalized spacial score (nSPS) is 34.7. The third kappa shape index (κ3) is 3.00. The van der Waals surface area contributed by atoms with Crippen molar-refractivity contribution in [2.75, 3.05) is 0 Å². The maximum Gasteiger partial charge on any atom is 0.330 e. The van der Waals surface area contributed by atoms with Crippen LogP contribution in [0.3, 0.4) is 0 Å². The number of hydrogen-bond donors (Lipinski definition) is 4. The van der Waals surface area contributed by atoms with Crippen LogP contribution >= 0.6 is 0 Å². The lowest BCUT2D eigenvalue weighted by atomic mass is 9.80. The van der Waals surface area contributed by atoms with Crippen molar-refractivity contribution in [3.8, 4) is 0 Å². The van der Waals surface area contributed by atoms with Crippen molar-refractivity contribution in [3.63, 3.8) is 0 Å². The Hall–Kier alpha value is -2.04. The monoisotopic (exact) mass is 359 g/mol. The zero-order valence-electron chi connectivity index (χ0n) is 14.4. The lowest BCUT2D eigenvalue weighted by molar-refractivity contribution is -0.146. The standard InChI is InChI=1S/C15H22FN3O6/c1-7-6-19(12(23)18-9(7)20)10-14(3,16)15(4,24)8(25-10)5-13(2,17)11(21)22/h6,8,10,24H,5,17H2,1-4H3,(H,21,22)(H,18,20,23)/t8-,10-,13?,14+,15+/m1/s1. The zero-order chi connectivity index (χ0) is 19.4. The number of halogens is 1. The average Bonchev–Trinajstić information content (AvgIpc) is 2.62. The summed E-state index contributed by atoms with van der Waals surface area (Å²) in [7, 11) is 0. The first-order valence-corrected chi connectivity index (χ1v) is 7.63. The quantitative estimate of drug-likeness (QED) is 0.562. The number of aryl methyl sites for hydroxylation is 1. The molecule has 0 saturated carbocycles. The summed E-state index contributed by atoms with van der Waals surface area (Å²) in [5.41, 5.74) is -2.06. The molecular weight excluding hydrogens is 337 g/mol. The van der Waals surface area contributed by atoms with Gasteiger partial charge < -0.3 is 20.7 Å². The summed E-state index contributed by atoms with van der Waals surface area (Å²) in [6.07, 6.45) is -2.12. The molecule has 0 bridgehead atoms. The molecule has 1 aliphatic rings. The number of aliphatic carboxylic acids is 1. The van der Waals surface area contributed by atoms with Gasteiger partial charge in [-0.3, -0.25) is 19.1 Å². The lowest BCUT2D eigenvalue weighted by Gasteiger charge is -2.34. The van der Waals surface area contributed by atoms with Gasteiger partial charge >= 0.3 is 11.7 Å². The Morgan fingerprint density at radius 2 is 2.08 bits per heavy atom. The molecule has 1 fully saturated rings. The molecular formula is C15H22FN3O6. The summed E-state index contributed by atoms with van der Waals surface area (Å²) >= 11 is 0. The number of nitrogens with two attached hydrogens (primary N) is 1. The van der Waals surface area contributed by atoms with Gasteiger partial charge in [0.05, 0.1) is 6.10 Å². The van der Waals surface area contributed by atoms with Gasteiger partial charge in [-0.15, -0.1) is 0 Å². The number of carboxylic acid groups (broad SMARTS) is 1. The van der Waals surface area contributed by atoms with E-state index < -0.39 is 46.4 Å². The van der Waals surface area contributed by atoms with Crippen LogP contribution in [0.4, 0.5) is 4.39 Å². The Morgan fingerprint density at radius 3 is 2.60 bits per heavy atom. The van der Waals surface area contributed by atoms with E-state index in [1.807, 2.05) is 4.98 Å². The molecule has 2 rings (SSSR count). The molecule has 1 aliphatic heterocycles. The summed E-state index contributed by atoms with van der Waals surface area (Å²) < 4.78 is 21.7. The first-order valence-electron chi connectivity index (χ1n) is 7.63. The van der Waals surface area contributed by atoms with E-state index in [2.05, 4.69) is 0 Å². The van der Waals surface area contributed by atoms with Gasteiger partial charge in [0, 0.05) is 18.2 Å². The van der Waals surface area contributed by atoms with Crippen LogP contribution in [0.2, 0.25) is 0 Å². The number of carbonyl (C=O) groups is 1. The molecule has 2 heterocycles. The van der Waals surface area contributed by atoms with E-state index in [0.717, 1.165) is 24.6 Å². The predicted molar refractivity (Wildman–Crippen MR) is 85.0 cm³/mol. The van der Waals surface area contributed by atoms with E-state index in [0.29, 0.717) is 0 Å². The molecule has 0 amide bonds. The number of aliphatic hydroxyl groups is 1. The number of ether oxygens (including phenoxy) is 1. The van der Waals surface area contributed by atoms with E-state index in [1.165, 1.54) is 13.8 Å². The molecule has 10 heteroatoms. The number of alkyl halides is 1. The van der Waals surface area contributed by atoms with Crippen LogP contribution in [0, 0.1) is 6.92 Å². The maximum atomic E-state index is 15.4. The second kappa shape index (κ2) is 5.75. The van der Waals surface area contributed by atoms with Gasteiger partial charge in [0.2, 0.25) is 0 Å². The van der Waals surface area contributed by atoms with Crippen molar-refractivity contribution in [1.82, 2.24) is 9.55 Å². The summed E-state index contributed by atoms with van der Waals surface area (Å²) in [5, 5.41) is 19.8. The van der Waals surface area contributed by atoms with Crippen molar-refractivity contribution in [2.24, 2.45) is 5.73 Å². The smallest absolute Gasteiger partial charge is 0.330 e. The van der Waals surface area contributed by atoms with Crippen LogP contribution < -0.4 is 17.0 Å². The van der Waals surface area contributed by atoms with Gasteiger partial charge in [0.1, 0.15) is 11.1 Å². The molecule has 1 unspecified atom stereocenters. The second-order valence-corrected chi connectivity index (χ2v) is 7.11. The van der Waals surface area contributed by atoms with E-state index in [1.54, 1.807) is 0 Å². The van der Waals surface area contributed by atoms with Crippen LogP contribution in [0.15, 0.2) is 15.8 Å². The van der Waals surface area contributed by atoms with Crippen LogP contribution in [-0.2, 0) is 9.53 Å². The molecule has 1 aromatic heterocycles. The SMILES string of the molecule is Cc1cn([C@@H]2O[C@H](CC(C)(N)C(=O)O)[C@](C)(O)[C@@]2(C)F)c(=O)[nH]c1=O. The number of aromatic amines is 1. The largest absolute Gasteiger partial charge is 0.480 e. The number of nitrogens with one attached hydrogen (secondary N) is 1. The fourth-order valence-corrected chi connectivity index (χ4v) is 2.79. The number of hydrogen-bond acceptors (Lipinski definition) is 6. The molecule has 9 nitrogen and oxygen atoms in total. The first-order chi connectivity index (χ1) is 11.2. The van der Waals surface area contributed by atoms with E-state index in [4.69, 9.17) is 15.6 Å². The zero-order valence-corrected chi connectivity index (χ0v) is 14.4. The van der Waals surface area contributed by atoms with Crippen molar-refractivity contribution in [1.29, 1.82) is 0 Å². The topological polar surface area (TPSA) is 148 Å². The summed E-state index contributed by atoms with van der Waals surface area (Å²) in [5.74, 6) is -1.34. The Bertz CT molecular complexity index is 810. The Labute approximate surface area is 142 Å². The van der Waals surface area contributed by atoms with Gasteiger partial charge in [0.15, 0.2) is 11.9 Å². The molecule has 0 aromatic carbocycles. The van der Waals surface area contributed by atoms with Crippen LogP contribution in [0.25, 0.3) is 0 Å². The van der Waals surface area contributed by atoms with Crippen molar-refractivity contribution < 1.29 is 24.1 Å². The Morgan fingerprint density at radius 1 is 1.52 bits per heavy atom. The molecule has 1 saturated heterocycles. The Kier molecular flexibility index (Phi) is 4.44. The Balaban J connectivity index is 2.49. The highest BCUT2D eigenvalue weighted by Crippen LogP contribution is 2.49. The van der Waals surface area contributed by atoms with Crippen LogP contribution in [0.5, 0.6) is 0 Å². The molecule has 0 aliphatic carbocycles. The molecule has 1 aromatic rings. The highest BCUT2D eigenvalue weighted by molar-refractivity contribution is 5.77. The van der Waals surface area contributed by atoms with Crippen LogP contribution in [0.1, 0.15) is 39.0 Å². The lowest BCUT2D eigenvalue weighted by Crippen LogP contribution is -2.56. The average molecular weight is 359 g/mol. The van der Waals surface area contributed by atoms with Gasteiger partial charge in [-0.25, -0.2) is 9.18 Å². The molecule has 0 spiro atoms. The number of nitrogens with zero attached hydrogens (tertiary/aromatic N) is 1. The third-order valence-electron chi connectivity index (χ3n) is 4.87. The van der Waals surface area contributed by atoms with Gasteiger partial charge in [-0.2, -0.15) is 0 Å². The maximum absolute atomic E-state index is 15.4. The molecule has 0 radical (unpaired) electrons. The van der Waals surface area contributed by atoms with Gasteiger partial charge in [-0.1, -0.05) is 0 Å². The van der Waals surface area contributed by atoms with Gasteiger partial charge in [0.25, 0.3) is 5.56 Å². The fraction of sp³-hybridized carbons (Fsp3) is 0.667. The second-order valence-electron chi connectivity index (χ2n) is 7.11. The number of rotatable bonds is 4. The molecule has 140 valence electrons. The minimum atomic E-state index is -2.46. The highest BCUT2D eigenvalue weighted by atomic mass is 19.1. The number of H-pyrrole nitrogens is 1. The van der Waals surface area contributed by atoms with E-state index in [-0.39, 0.29) is 12.0 Å². The van der Waals surface area contributed by atoms with E-state index in [9.17, 15) is 19.5 Å². The fourth-order valence-electron chi connectivity index (χ4n) is 2.79. The summed E-state index contributed by atoms with van der Waals surface area (Å²) in [6.45, 7) is 4.84. The molecule has 5 N–H and O–H groups in total. The van der Waals surface area contributed by atoms with E-state index >= 15 is 4.39 Å². The molecule has 5 atom stereocenters.